The lowest BCUT2D eigenvalue weighted by Gasteiger charge is -2.28. The van der Waals surface area contributed by atoms with Gasteiger partial charge in [0.25, 0.3) is 0 Å². The zero-order valence-electron chi connectivity index (χ0n) is 12.3. The standard InChI is InChI=1S/C14H20N4O2/c1-5-6-9(2)17(3)12-10-8-16-18(4)13(10)15-7-11(12)14(19)20/h7-9H,5-6H2,1-4H3,(H,19,20). The molecule has 0 fully saturated rings. The first-order chi connectivity index (χ1) is 9.47. The van der Waals surface area contributed by atoms with E-state index in [0.29, 0.717) is 11.3 Å². The molecule has 1 unspecified atom stereocenters. The Bertz CT molecular complexity index is 635. The van der Waals surface area contributed by atoms with Crippen LogP contribution in [-0.2, 0) is 7.05 Å². The van der Waals surface area contributed by atoms with Crippen LogP contribution in [0.4, 0.5) is 5.69 Å². The summed E-state index contributed by atoms with van der Waals surface area (Å²) in [5.41, 5.74) is 1.60. The monoisotopic (exact) mass is 276 g/mol. The number of aryl methyl sites for hydroxylation is 1. The Balaban J connectivity index is 2.63. The predicted octanol–water partition coefficient (Wildman–Crippen LogP) is 2.29. The average molecular weight is 276 g/mol. The third-order valence-electron chi connectivity index (χ3n) is 3.68. The van der Waals surface area contributed by atoms with E-state index in [1.54, 1.807) is 17.9 Å². The fourth-order valence-electron chi connectivity index (χ4n) is 2.45. The number of pyridine rings is 1. The topological polar surface area (TPSA) is 71.2 Å². The van der Waals surface area contributed by atoms with Gasteiger partial charge in [-0.05, 0) is 13.3 Å². The van der Waals surface area contributed by atoms with Crippen LogP contribution < -0.4 is 4.90 Å². The largest absolute Gasteiger partial charge is 0.478 e. The van der Waals surface area contributed by atoms with Gasteiger partial charge in [-0.2, -0.15) is 5.10 Å². The van der Waals surface area contributed by atoms with E-state index in [4.69, 9.17) is 0 Å². The number of nitrogens with zero attached hydrogens (tertiary/aromatic N) is 4. The average Bonchev–Trinajstić information content (AvgIpc) is 2.79. The van der Waals surface area contributed by atoms with Crippen LogP contribution in [0.25, 0.3) is 11.0 Å². The number of aromatic nitrogens is 3. The molecule has 2 heterocycles. The molecule has 108 valence electrons. The van der Waals surface area contributed by atoms with Crippen molar-refractivity contribution in [3.05, 3.63) is 18.0 Å². The van der Waals surface area contributed by atoms with Crippen LogP contribution >= 0.6 is 0 Å². The highest BCUT2D eigenvalue weighted by atomic mass is 16.4. The molecule has 0 saturated carbocycles. The predicted molar refractivity (Wildman–Crippen MR) is 78.2 cm³/mol. The number of carbonyl (C=O) groups is 1. The zero-order valence-corrected chi connectivity index (χ0v) is 12.3. The smallest absolute Gasteiger partial charge is 0.339 e. The minimum Gasteiger partial charge on any atom is -0.478 e. The number of aromatic carboxylic acids is 1. The molecule has 0 bridgehead atoms. The van der Waals surface area contributed by atoms with Crippen LogP contribution in [0.15, 0.2) is 12.4 Å². The number of carboxylic acids is 1. The van der Waals surface area contributed by atoms with Crippen molar-refractivity contribution in [2.75, 3.05) is 11.9 Å². The maximum Gasteiger partial charge on any atom is 0.339 e. The number of anilines is 1. The molecule has 2 rings (SSSR count). The van der Waals surface area contributed by atoms with Crippen molar-refractivity contribution in [3.8, 4) is 0 Å². The summed E-state index contributed by atoms with van der Waals surface area (Å²) < 4.78 is 1.66. The Morgan fingerprint density at radius 1 is 1.50 bits per heavy atom. The zero-order chi connectivity index (χ0) is 14.9. The molecule has 2 aromatic heterocycles. The Kier molecular flexibility index (Phi) is 3.92. The molecule has 6 heteroatoms. The molecular formula is C14H20N4O2. The lowest BCUT2D eigenvalue weighted by Crippen LogP contribution is -2.30. The molecular weight excluding hydrogens is 256 g/mol. The van der Waals surface area contributed by atoms with Gasteiger partial charge in [-0.25, -0.2) is 9.78 Å². The number of hydrogen-bond acceptors (Lipinski definition) is 4. The summed E-state index contributed by atoms with van der Waals surface area (Å²) in [6, 6.07) is 0.254. The molecule has 2 aromatic rings. The summed E-state index contributed by atoms with van der Waals surface area (Å²) in [4.78, 5) is 17.7. The van der Waals surface area contributed by atoms with E-state index < -0.39 is 5.97 Å². The van der Waals surface area contributed by atoms with Gasteiger partial charge >= 0.3 is 5.97 Å². The lowest BCUT2D eigenvalue weighted by molar-refractivity contribution is 0.0697. The van der Waals surface area contributed by atoms with Gasteiger partial charge in [-0.1, -0.05) is 13.3 Å². The van der Waals surface area contributed by atoms with Gasteiger partial charge in [0.05, 0.1) is 17.3 Å². The summed E-state index contributed by atoms with van der Waals surface area (Å²) in [5.74, 6) is -0.964. The SMILES string of the molecule is CCCC(C)N(C)c1c(C(=O)O)cnc2c1cnn2C. The van der Waals surface area contributed by atoms with E-state index in [9.17, 15) is 9.90 Å². The number of hydrogen-bond donors (Lipinski definition) is 1. The lowest BCUT2D eigenvalue weighted by atomic mass is 10.1. The van der Waals surface area contributed by atoms with Crippen molar-refractivity contribution in [1.82, 2.24) is 14.8 Å². The van der Waals surface area contributed by atoms with Gasteiger partial charge in [0.1, 0.15) is 5.56 Å². The van der Waals surface area contributed by atoms with Crippen molar-refractivity contribution in [2.45, 2.75) is 32.7 Å². The summed E-state index contributed by atoms with van der Waals surface area (Å²) in [6.07, 6.45) is 5.14. The molecule has 0 aromatic carbocycles. The molecule has 20 heavy (non-hydrogen) atoms. The highest BCUT2D eigenvalue weighted by Crippen LogP contribution is 2.30. The first-order valence-corrected chi connectivity index (χ1v) is 6.74. The number of fused-ring (bicyclic) bond motifs is 1. The molecule has 0 aliphatic carbocycles. The van der Waals surface area contributed by atoms with Gasteiger partial charge in [-0.15, -0.1) is 0 Å². The van der Waals surface area contributed by atoms with Gasteiger partial charge < -0.3 is 10.0 Å². The van der Waals surface area contributed by atoms with Gasteiger partial charge in [-0.3, -0.25) is 4.68 Å². The fourth-order valence-corrected chi connectivity index (χ4v) is 2.45. The van der Waals surface area contributed by atoms with Crippen LogP contribution in [-0.4, -0.2) is 38.9 Å². The van der Waals surface area contributed by atoms with Crippen molar-refractivity contribution >= 4 is 22.7 Å². The van der Waals surface area contributed by atoms with E-state index in [0.717, 1.165) is 18.2 Å². The maximum absolute atomic E-state index is 11.5. The van der Waals surface area contributed by atoms with Gasteiger partial charge in [0.2, 0.25) is 0 Å². The Hall–Kier alpha value is -2.11. The van der Waals surface area contributed by atoms with Crippen molar-refractivity contribution in [2.24, 2.45) is 7.05 Å². The molecule has 0 radical (unpaired) electrons. The van der Waals surface area contributed by atoms with Crippen molar-refractivity contribution in [3.63, 3.8) is 0 Å². The molecule has 6 nitrogen and oxygen atoms in total. The summed E-state index contributed by atoms with van der Waals surface area (Å²) in [5, 5.41) is 14.4. The molecule has 0 aliphatic rings. The van der Waals surface area contributed by atoms with Crippen molar-refractivity contribution in [1.29, 1.82) is 0 Å². The third kappa shape index (κ3) is 2.33. The quantitative estimate of drug-likeness (QED) is 0.907. The first-order valence-electron chi connectivity index (χ1n) is 6.74. The minimum absolute atomic E-state index is 0.218. The second kappa shape index (κ2) is 5.48. The Morgan fingerprint density at radius 3 is 2.80 bits per heavy atom. The number of rotatable bonds is 5. The second-order valence-corrected chi connectivity index (χ2v) is 5.08. The van der Waals surface area contributed by atoms with Crippen LogP contribution in [0, 0.1) is 0 Å². The minimum atomic E-state index is -0.964. The highest BCUT2D eigenvalue weighted by Gasteiger charge is 2.22. The second-order valence-electron chi connectivity index (χ2n) is 5.08. The van der Waals surface area contributed by atoms with Crippen LogP contribution in [0.2, 0.25) is 0 Å². The van der Waals surface area contributed by atoms with E-state index >= 15 is 0 Å². The molecule has 0 amide bonds. The third-order valence-corrected chi connectivity index (χ3v) is 3.68. The Labute approximate surface area is 118 Å². The highest BCUT2D eigenvalue weighted by molar-refractivity contribution is 6.03. The molecule has 0 spiro atoms. The van der Waals surface area contributed by atoms with Crippen LogP contribution in [0.3, 0.4) is 0 Å². The Morgan fingerprint density at radius 2 is 2.20 bits per heavy atom. The molecule has 0 aliphatic heterocycles. The van der Waals surface area contributed by atoms with E-state index in [2.05, 4.69) is 23.9 Å². The van der Waals surface area contributed by atoms with Crippen LogP contribution in [0.5, 0.6) is 0 Å². The first kappa shape index (κ1) is 14.3. The van der Waals surface area contributed by atoms with Crippen LogP contribution in [0.1, 0.15) is 37.0 Å². The summed E-state index contributed by atoms with van der Waals surface area (Å²) in [7, 11) is 3.73. The van der Waals surface area contributed by atoms with E-state index in [-0.39, 0.29) is 11.6 Å². The maximum atomic E-state index is 11.5. The molecule has 1 atom stereocenters. The van der Waals surface area contributed by atoms with E-state index in [1.165, 1.54) is 6.20 Å². The summed E-state index contributed by atoms with van der Waals surface area (Å²) >= 11 is 0. The number of carboxylic acid groups (broad SMARTS) is 1. The molecule has 1 N–H and O–H groups in total. The van der Waals surface area contributed by atoms with Gasteiger partial charge in [0.15, 0.2) is 5.65 Å². The normalized spacial score (nSPS) is 12.6. The fraction of sp³-hybridized carbons (Fsp3) is 0.500. The molecule has 0 saturated heterocycles. The van der Waals surface area contributed by atoms with Crippen molar-refractivity contribution < 1.29 is 9.90 Å². The summed E-state index contributed by atoms with van der Waals surface area (Å²) in [6.45, 7) is 4.21. The van der Waals surface area contributed by atoms with E-state index in [1.807, 2.05) is 11.9 Å². The van der Waals surface area contributed by atoms with Gasteiger partial charge in [0, 0.05) is 26.3 Å².